The first-order valence-corrected chi connectivity index (χ1v) is 14.3. The average Bonchev–Trinajstić information content (AvgIpc) is 3.02. The molecule has 1 fully saturated rings. The molecule has 14 nitrogen and oxygen atoms in total. The van der Waals surface area contributed by atoms with Crippen molar-refractivity contribution in [3.63, 3.8) is 0 Å². The molecule has 1 saturated heterocycles. The van der Waals surface area contributed by atoms with Gasteiger partial charge in [-0.3, -0.25) is 14.4 Å². The summed E-state index contributed by atoms with van der Waals surface area (Å²) in [5.41, 5.74) is 2.37. The van der Waals surface area contributed by atoms with Crippen molar-refractivity contribution < 1.29 is 63.6 Å². The number of hydrogen-bond donors (Lipinski definition) is 6. The minimum atomic E-state index is -2.24. The fourth-order valence-corrected chi connectivity index (χ4v) is 5.92. The third kappa shape index (κ3) is 6.33. The van der Waals surface area contributed by atoms with Gasteiger partial charge in [-0.2, -0.15) is 0 Å². The molecule has 7 N–H and O–H groups in total. The van der Waals surface area contributed by atoms with Crippen LogP contribution in [-0.2, 0) is 30.2 Å². The minimum Gasteiger partial charge on any atom is -0.507 e. The van der Waals surface area contributed by atoms with Crippen molar-refractivity contribution in [2.24, 2.45) is 5.73 Å². The molecule has 2 aromatic rings. The number of ketones is 3. The maximum atomic E-state index is 13.6. The molecule has 5 rings (SSSR count). The Balaban J connectivity index is 0.000000700. The average molecular weight is 634 g/mol. The Morgan fingerprint density at radius 3 is 2.27 bits per heavy atom. The Bertz CT molecular complexity index is 1440. The molecule has 3 aliphatic rings. The Hall–Kier alpha value is -3.47. The maximum Gasteiger partial charge on any atom is 0.202 e. The Kier molecular flexibility index (Phi) is 10.6. The van der Waals surface area contributed by atoms with Gasteiger partial charge in [-0.25, -0.2) is 0 Å². The summed E-state index contributed by atoms with van der Waals surface area (Å²) in [5, 5.41) is 53.7. The van der Waals surface area contributed by atoms with E-state index in [4.69, 9.17) is 19.9 Å². The second kappa shape index (κ2) is 13.9. The zero-order chi connectivity index (χ0) is 33.2. The summed E-state index contributed by atoms with van der Waals surface area (Å²) in [5.74, 6) is -3.77. The van der Waals surface area contributed by atoms with Crippen molar-refractivity contribution in [1.29, 1.82) is 0 Å². The highest BCUT2D eigenvalue weighted by Gasteiger charge is 2.50. The quantitative estimate of drug-likeness (QED) is 0.145. The zero-order valence-electron chi connectivity index (χ0n) is 25.4. The molecule has 6 atom stereocenters. The van der Waals surface area contributed by atoms with Gasteiger partial charge in [0, 0.05) is 56.2 Å². The normalized spacial score (nSPS) is 27.1. The highest BCUT2D eigenvalue weighted by atomic mass is 16.7. The molecular formula is C31H39NO13. The first-order chi connectivity index (χ1) is 21.3. The van der Waals surface area contributed by atoms with Gasteiger partial charge in [-0.15, -0.1) is 0 Å². The number of hydrogen-bond acceptors (Lipinski definition) is 14. The van der Waals surface area contributed by atoms with E-state index in [1.54, 1.807) is 21.1 Å². The minimum absolute atomic E-state index is 0.0173. The van der Waals surface area contributed by atoms with Gasteiger partial charge in [0.2, 0.25) is 5.78 Å². The maximum absolute atomic E-state index is 13.6. The van der Waals surface area contributed by atoms with Crippen LogP contribution in [0.4, 0.5) is 0 Å². The molecule has 0 saturated carbocycles. The van der Waals surface area contributed by atoms with Gasteiger partial charge in [0.25, 0.3) is 0 Å². The second-order valence-corrected chi connectivity index (χ2v) is 11.1. The van der Waals surface area contributed by atoms with Crippen LogP contribution in [0.15, 0.2) is 18.2 Å². The SMILES string of the molecule is COCCOC.COc1cccc2c1C(=O)c1c(O)c3c(c(O)c1C2=O)C[C@@](O)(C(=O)CO)C[C@@H]3O[C@H]1C[C@H](N)[C@H](O)[C@H](C)O1. The molecular weight excluding hydrogens is 594 g/mol. The summed E-state index contributed by atoms with van der Waals surface area (Å²) >= 11 is 0. The fraction of sp³-hybridized carbons (Fsp3) is 0.516. The fourth-order valence-electron chi connectivity index (χ4n) is 5.92. The van der Waals surface area contributed by atoms with E-state index >= 15 is 0 Å². The summed E-state index contributed by atoms with van der Waals surface area (Å²) in [6.07, 6.45) is -5.12. The molecule has 0 aromatic heterocycles. The Morgan fingerprint density at radius 1 is 1.04 bits per heavy atom. The van der Waals surface area contributed by atoms with Crippen LogP contribution in [0.3, 0.4) is 0 Å². The lowest BCUT2D eigenvalue weighted by atomic mass is 9.72. The number of carbonyl (C=O) groups is 3. The van der Waals surface area contributed by atoms with Crippen molar-refractivity contribution in [3.8, 4) is 17.2 Å². The lowest BCUT2D eigenvalue weighted by molar-refractivity contribution is -0.247. The van der Waals surface area contributed by atoms with E-state index in [2.05, 4.69) is 9.47 Å². The standard InChI is InChI=1S/C27H29NO11.C4H10O2/c1-10-22(31)13(28)6-17(38-10)39-15-8-27(36,16(30)9-29)7-12-19(15)26(35)21-20(24(12)33)23(32)11-4-3-5-14(37-2)18(11)25(21)34;1-5-3-4-6-2/h3-5,10,13,15,17,22,29,31,33,35-36H,6-9,28H2,1-2H3;3-4H2,1-2H3/t10-,13-,15-,17-,22+,27-;/m0./s1. The molecule has 0 radical (unpaired) electrons. The van der Waals surface area contributed by atoms with Gasteiger partial charge in [-0.1, -0.05) is 12.1 Å². The predicted molar refractivity (Wildman–Crippen MR) is 156 cm³/mol. The number of aliphatic hydroxyl groups is 3. The number of aromatic hydroxyl groups is 2. The number of phenols is 2. The van der Waals surface area contributed by atoms with E-state index in [1.807, 2.05) is 0 Å². The second-order valence-electron chi connectivity index (χ2n) is 11.1. The van der Waals surface area contributed by atoms with Crippen molar-refractivity contribution >= 4 is 17.3 Å². The molecule has 1 heterocycles. The van der Waals surface area contributed by atoms with Gasteiger partial charge in [0.15, 0.2) is 17.9 Å². The summed E-state index contributed by atoms with van der Waals surface area (Å²) in [7, 11) is 4.63. The number of carbonyl (C=O) groups excluding carboxylic acids is 3. The number of Topliss-reactive ketones (excluding diaryl/α,β-unsaturated/α-hetero) is 1. The van der Waals surface area contributed by atoms with Gasteiger partial charge >= 0.3 is 0 Å². The highest BCUT2D eigenvalue weighted by Crippen LogP contribution is 2.52. The molecule has 14 heteroatoms. The van der Waals surface area contributed by atoms with Crippen molar-refractivity contribution in [3.05, 3.63) is 51.6 Å². The molecule has 0 bridgehead atoms. The van der Waals surface area contributed by atoms with Gasteiger partial charge in [-0.05, 0) is 13.0 Å². The molecule has 2 aromatic carbocycles. The summed E-state index contributed by atoms with van der Waals surface area (Å²) in [6, 6.07) is 3.64. The molecule has 1 aliphatic heterocycles. The number of ether oxygens (including phenoxy) is 5. The molecule has 2 aliphatic carbocycles. The Labute approximate surface area is 259 Å². The number of methoxy groups -OCH3 is 3. The number of phenolic OH excluding ortho intramolecular Hbond substituents is 2. The summed E-state index contributed by atoms with van der Waals surface area (Å²) in [6.45, 7) is 1.94. The number of nitrogens with two attached hydrogens (primary N) is 1. The van der Waals surface area contributed by atoms with Crippen LogP contribution in [-0.4, -0.2) is 114 Å². The number of rotatable bonds is 8. The smallest absolute Gasteiger partial charge is 0.202 e. The first kappa shape index (κ1) is 34.4. The lowest BCUT2D eigenvalue weighted by Gasteiger charge is -2.42. The van der Waals surface area contributed by atoms with Gasteiger partial charge < -0.3 is 55.0 Å². The number of benzene rings is 2. The van der Waals surface area contributed by atoms with E-state index in [9.17, 15) is 39.9 Å². The van der Waals surface area contributed by atoms with Crippen LogP contribution in [0.25, 0.3) is 0 Å². The van der Waals surface area contributed by atoms with E-state index in [0.717, 1.165) is 0 Å². The number of fused-ring (bicyclic) bond motifs is 3. The first-order valence-electron chi connectivity index (χ1n) is 14.3. The van der Waals surface area contributed by atoms with Gasteiger partial charge in [0.1, 0.15) is 29.5 Å². The topological polar surface area (TPSA) is 225 Å². The number of aliphatic hydroxyl groups excluding tert-OH is 2. The summed E-state index contributed by atoms with van der Waals surface area (Å²) in [4.78, 5) is 39.7. The van der Waals surface area contributed by atoms with E-state index in [0.29, 0.717) is 13.2 Å². The van der Waals surface area contributed by atoms with Crippen molar-refractivity contribution in [1.82, 2.24) is 0 Å². The molecule has 0 amide bonds. The van der Waals surface area contributed by atoms with Crippen molar-refractivity contribution in [2.45, 2.75) is 62.4 Å². The lowest BCUT2D eigenvalue weighted by Crippen LogP contribution is -2.53. The molecule has 0 unspecified atom stereocenters. The molecule has 246 valence electrons. The van der Waals surface area contributed by atoms with Crippen LogP contribution in [0.2, 0.25) is 0 Å². The van der Waals surface area contributed by atoms with Crippen LogP contribution >= 0.6 is 0 Å². The monoisotopic (exact) mass is 633 g/mol. The third-order valence-electron chi connectivity index (χ3n) is 8.30. The van der Waals surface area contributed by atoms with Crippen LogP contribution < -0.4 is 10.5 Å². The largest absolute Gasteiger partial charge is 0.507 e. The van der Waals surface area contributed by atoms with Crippen LogP contribution in [0.1, 0.15) is 68.8 Å². The van der Waals surface area contributed by atoms with Gasteiger partial charge in [0.05, 0.1) is 55.3 Å². The van der Waals surface area contributed by atoms with E-state index in [-0.39, 0.29) is 34.4 Å². The van der Waals surface area contributed by atoms with Crippen LogP contribution in [0.5, 0.6) is 17.2 Å². The van der Waals surface area contributed by atoms with Crippen molar-refractivity contribution in [2.75, 3.05) is 41.2 Å². The highest BCUT2D eigenvalue weighted by molar-refractivity contribution is 6.31. The summed E-state index contributed by atoms with van der Waals surface area (Å²) < 4.78 is 26.3. The Morgan fingerprint density at radius 2 is 1.69 bits per heavy atom. The zero-order valence-corrected chi connectivity index (χ0v) is 25.4. The predicted octanol–water partition coefficient (Wildman–Crippen LogP) is 0.281. The molecule has 45 heavy (non-hydrogen) atoms. The third-order valence-corrected chi connectivity index (χ3v) is 8.30. The molecule has 0 spiro atoms. The van der Waals surface area contributed by atoms with E-state index in [1.165, 1.54) is 25.3 Å². The van der Waals surface area contributed by atoms with Crippen LogP contribution in [0, 0.1) is 0 Å². The van der Waals surface area contributed by atoms with E-state index < -0.39 is 95.7 Å².